The Kier molecular flexibility index (Phi) is 4.99. The fourth-order valence-electron chi connectivity index (χ4n) is 6.96. The fourth-order valence-corrected chi connectivity index (χ4v) is 6.96. The molecular formula is C38H25BN2O. The molecule has 0 saturated carbocycles. The molecule has 0 unspecified atom stereocenters. The summed E-state index contributed by atoms with van der Waals surface area (Å²) in [4.78, 5) is 4.74. The summed E-state index contributed by atoms with van der Waals surface area (Å²) >= 11 is 0. The molecule has 0 spiro atoms. The molecule has 6 aromatic carbocycles. The van der Waals surface area contributed by atoms with E-state index < -0.39 is 0 Å². The van der Waals surface area contributed by atoms with Crippen LogP contribution >= 0.6 is 0 Å². The highest BCUT2D eigenvalue weighted by atomic mass is 16.3. The Morgan fingerprint density at radius 2 is 1.19 bits per heavy atom. The predicted molar refractivity (Wildman–Crippen MR) is 176 cm³/mol. The molecule has 196 valence electrons. The summed E-state index contributed by atoms with van der Waals surface area (Å²) in [5, 5.41) is 1.18. The SMILES string of the molecule is c1ccc(N(c2ccccc2)c2cccc(N3c4ccccc4B4c5oc6ccccc6c5-c5cccc3c54)c2)cc1. The quantitative estimate of drug-likeness (QED) is 0.212. The lowest BCUT2D eigenvalue weighted by atomic mass is 9.39. The van der Waals surface area contributed by atoms with E-state index in [0.717, 1.165) is 34.0 Å². The molecule has 0 fully saturated rings. The fraction of sp³-hybridized carbons (Fsp3) is 0. The van der Waals surface area contributed by atoms with Crippen molar-refractivity contribution < 1.29 is 4.42 Å². The molecule has 2 aliphatic rings. The van der Waals surface area contributed by atoms with Gasteiger partial charge in [-0.2, -0.15) is 0 Å². The van der Waals surface area contributed by atoms with Gasteiger partial charge in [0.05, 0.1) is 5.66 Å². The Balaban J connectivity index is 1.26. The zero-order chi connectivity index (χ0) is 27.6. The summed E-state index contributed by atoms with van der Waals surface area (Å²) in [5.74, 6) is 0. The van der Waals surface area contributed by atoms with Gasteiger partial charge in [0, 0.05) is 45.1 Å². The molecule has 0 radical (unpaired) electrons. The number of fused-ring (bicyclic) bond motifs is 7. The van der Waals surface area contributed by atoms with Crippen molar-refractivity contribution in [2.45, 2.75) is 0 Å². The molecule has 42 heavy (non-hydrogen) atoms. The molecule has 3 heterocycles. The molecule has 7 aromatic rings. The molecule has 0 saturated heterocycles. The number of hydrogen-bond donors (Lipinski definition) is 0. The second-order valence-electron chi connectivity index (χ2n) is 10.9. The van der Waals surface area contributed by atoms with Crippen LogP contribution in [0.3, 0.4) is 0 Å². The molecule has 2 aliphatic heterocycles. The highest BCUT2D eigenvalue weighted by molar-refractivity contribution is 7.01. The molecule has 4 heteroatoms. The maximum Gasteiger partial charge on any atom is 0.293 e. The zero-order valence-corrected chi connectivity index (χ0v) is 22.8. The van der Waals surface area contributed by atoms with E-state index in [4.69, 9.17) is 4.42 Å². The second-order valence-corrected chi connectivity index (χ2v) is 10.9. The highest BCUT2D eigenvalue weighted by Crippen LogP contribution is 2.44. The van der Waals surface area contributed by atoms with E-state index in [2.05, 4.69) is 161 Å². The number of hydrogen-bond acceptors (Lipinski definition) is 3. The van der Waals surface area contributed by atoms with Crippen molar-refractivity contribution in [3.63, 3.8) is 0 Å². The molecular weight excluding hydrogens is 511 g/mol. The van der Waals surface area contributed by atoms with Crippen LogP contribution in [0.25, 0.3) is 22.1 Å². The van der Waals surface area contributed by atoms with E-state index in [1.54, 1.807) is 0 Å². The van der Waals surface area contributed by atoms with Crippen LogP contribution < -0.4 is 26.4 Å². The number of furan rings is 1. The average Bonchev–Trinajstić information content (AvgIpc) is 3.59. The second kappa shape index (κ2) is 9.02. The summed E-state index contributed by atoms with van der Waals surface area (Å²) in [6, 6.07) is 53.9. The topological polar surface area (TPSA) is 19.6 Å². The lowest BCUT2D eigenvalue weighted by molar-refractivity contribution is 0.653. The first kappa shape index (κ1) is 23.3. The van der Waals surface area contributed by atoms with Crippen LogP contribution in [0, 0.1) is 0 Å². The van der Waals surface area contributed by atoms with Crippen molar-refractivity contribution in [3.05, 3.63) is 152 Å². The Labute approximate surface area is 245 Å². The number of para-hydroxylation sites is 4. The first-order valence-electron chi connectivity index (χ1n) is 14.4. The standard InChI is InChI=1S/C38H25BN2O/c1-3-13-26(14-4-1)40(27-15-5-2-6-16-27)28-17-11-18-29(25-28)41-33-22-9-8-21-32(33)39-37-31(20-12-23-34(37)41)36-30-19-7-10-24-35(30)42-38(36)39/h1-25H. The van der Waals surface area contributed by atoms with E-state index in [0.29, 0.717) is 0 Å². The molecule has 3 nitrogen and oxygen atoms in total. The Bertz CT molecular complexity index is 2080. The minimum atomic E-state index is 0.0689. The van der Waals surface area contributed by atoms with Crippen molar-refractivity contribution in [3.8, 4) is 11.1 Å². The molecule has 1 aromatic heterocycles. The Morgan fingerprint density at radius 3 is 2.00 bits per heavy atom. The Morgan fingerprint density at radius 1 is 0.548 bits per heavy atom. The van der Waals surface area contributed by atoms with Crippen LogP contribution in [-0.2, 0) is 0 Å². The third-order valence-electron chi connectivity index (χ3n) is 8.63. The van der Waals surface area contributed by atoms with Crippen molar-refractivity contribution in [2.24, 2.45) is 0 Å². The molecule has 0 amide bonds. The van der Waals surface area contributed by atoms with Gasteiger partial charge in [-0.1, -0.05) is 91.0 Å². The van der Waals surface area contributed by atoms with Gasteiger partial charge in [-0.25, -0.2) is 0 Å². The van der Waals surface area contributed by atoms with Crippen LogP contribution in [0.2, 0.25) is 0 Å². The van der Waals surface area contributed by atoms with Crippen molar-refractivity contribution >= 4 is 68.4 Å². The molecule has 0 bridgehead atoms. The van der Waals surface area contributed by atoms with E-state index >= 15 is 0 Å². The monoisotopic (exact) mass is 536 g/mol. The van der Waals surface area contributed by atoms with Gasteiger partial charge in [0.15, 0.2) is 0 Å². The van der Waals surface area contributed by atoms with Gasteiger partial charge in [-0.3, -0.25) is 0 Å². The predicted octanol–water partition coefficient (Wildman–Crippen LogP) is 8.18. The van der Waals surface area contributed by atoms with Gasteiger partial charge in [0.1, 0.15) is 5.58 Å². The average molecular weight is 536 g/mol. The van der Waals surface area contributed by atoms with Gasteiger partial charge in [-0.15, -0.1) is 0 Å². The van der Waals surface area contributed by atoms with Crippen LogP contribution in [0.15, 0.2) is 156 Å². The van der Waals surface area contributed by atoms with Crippen LogP contribution in [0.4, 0.5) is 34.1 Å². The van der Waals surface area contributed by atoms with Crippen LogP contribution in [0.1, 0.15) is 0 Å². The lowest BCUT2D eigenvalue weighted by Gasteiger charge is -2.36. The minimum Gasteiger partial charge on any atom is -0.470 e. The first-order valence-corrected chi connectivity index (χ1v) is 14.4. The maximum absolute atomic E-state index is 6.61. The largest absolute Gasteiger partial charge is 0.470 e. The van der Waals surface area contributed by atoms with Crippen LogP contribution in [-0.4, -0.2) is 6.71 Å². The lowest BCUT2D eigenvalue weighted by Crippen LogP contribution is -2.54. The van der Waals surface area contributed by atoms with Gasteiger partial charge < -0.3 is 14.2 Å². The maximum atomic E-state index is 6.61. The summed E-state index contributed by atoms with van der Waals surface area (Å²) in [7, 11) is 0. The summed E-state index contributed by atoms with van der Waals surface area (Å²) in [6.45, 7) is 0.0689. The van der Waals surface area contributed by atoms with Gasteiger partial charge in [0.2, 0.25) is 0 Å². The van der Waals surface area contributed by atoms with E-state index in [9.17, 15) is 0 Å². The summed E-state index contributed by atoms with van der Waals surface area (Å²) in [6.07, 6.45) is 0. The summed E-state index contributed by atoms with van der Waals surface area (Å²) < 4.78 is 6.61. The zero-order valence-electron chi connectivity index (χ0n) is 22.8. The molecule has 0 aliphatic carbocycles. The van der Waals surface area contributed by atoms with Gasteiger partial charge >= 0.3 is 0 Å². The highest BCUT2D eigenvalue weighted by Gasteiger charge is 2.45. The van der Waals surface area contributed by atoms with E-state index in [1.165, 1.54) is 38.8 Å². The normalized spacial score (nSPS) is 12.7. The van der Waals surface area contributed by atoms with E-state index in [1.807, 2.05) is 0 Å². The third kappa shape index (κ3) is 3.29. The number of nitrogens with zero attached hydrogens (tertiary/aromatic N) is 2. The van der Waals surface area contributed by atoms with Crippen molar-refractivity contribution in [2.75, 3.05) is 9.80 Å². The minimum absolute atomic E-state index is 0.0689. The smallest absolute Gasteiger partial charge is 0.293 e. The number of rotatable bonds is 4. The van der Waals surface area contributed by atoms with Crippen molar-refractivity contribution in [1.29, 1.82) is 0 Å². The van der Waals surface area contributed by atoms with Gasteiger partial charge in [0.25, 0.3) is 6.71 Å². The number of anilines is 6. The Hall–Kier alpha value is -5.48. The molecule has 0 atom stereocenters. The third-order valence-corrected chi connectivity index (χ3v) is 8.63. The molecule has 0 N–H and O–H groups in total. The first-order chi connectivity index (χ1) is 20.9. The molecule has 9 rings (SSSR count). The van der Waals surface area contributed by atoms with Crippen LogP contribution in [0.5, 0.6) is 0 Å². The van der Waals surface area contributed by atoms with Crippen molar-refractivity contribution in [1.82, 2.24) is 0 Å². The number of benzene rings is 6. The van der Waals surface area contributed by atoms with E-state index in [-0.39, 0.29) is 6.71 Å². The summed E-state index contributed by atoms with van der Waals surface area (Å²) in [5.41, 5.74) is 14.0. The van der Waals surface area contributed by atoms with Gasteiger partial charge in [-0.05, 0) is 77.2 Å².